The van der Waals surface area contributed by atoms with Crippen molar-refractivity contribution in [1.29, 1.82) is 0 Å². The zero-order valence-electron chi connectivity index (χ0n) is 15.0. The van der Waals surface area contributed by atoms with E-state index < -0.39 is 27.9 Å². The number of carbonyl (C=O) groups is 1. The third kappa shape index (κ3) is 7.11. The highest BCUT2D eigenvalue weighted by Gasteiger charge is 2.21. The molecule has 0 bridgehead atoms. The second-order valence-corrected chi connectivity index (χ2v) is 8.10. The molecule has 0 saturated heterocycles. The van der Waals surface area contributed by atoms with Gasteiger partial charge in [-0.25, -0.2) is 17.5 Å². The van der Waals surface area contributed by atoms with Crippen LogP contribution in [0.2, 0.25) is 0 Å². The van der Waals surface area contributed by atoms with E-state index in [1.807, 2.05) is 30.3 Å². The first-order valence-corrected chi connectivity index (χ1v) is 10.4. The van der Waals surface area contributed by atoms with Gasteiger partial charge in [0.25, 0.3) is 0 Å². The molecule has 0 fully saturated rings. The fraction of sp³-hybridized carbons (Fsp3) is 0.350. The Labute approximate surface area is 159 Å². The van der Waals surface area contributed by atoms with Gasteiger partial charge >= 0.3 is 5.97 Å². The maximum Gasteiger partial charge on any atom is 0.303 e. The predicted octanol–water partition coefficient (Wildman–Crippen LogP) is 4.27. The first kappa shape index (κ1) is 21.1. The number of hydrogen-bond donors (Lipinski definition) is 2. The van der Waals surface area contributed by atoms with Gasteiger partial charge in [0.2, 0.25) is 10.0 Å². The topological polar surface area (TPSA) is 83.5 Å². The molecule has 0 radical (unpaired) electrons. The molecule has 0 amide bonds. The van der Waals surface area contributed by atoms with Crippen molar-refractivity contribution in [3.05, 3.63) is 66.0 Å². The van der Waals surface area contributed by atoms with E-state index in [0.29, 0.717) is 12.8 Å². The zero-order valence-corrected chi connectivity index (χ0v) is 15.8. The van der Waals surface area contributed by atoms with Gasteiger partial charge in [0, 0.05) is 12.5 Å². The van der Waals surface area contributed by atoms with Crippen LogP contribution in [-0.2, 0) is 14.8 Å². The van der Waals surface area contributed by atoms with E-state index in [9.17, 15) is 17.6 Å². The number of halogens is 1. The van der Waals surface area contributed by atoms with E-state index in [-0.39, 0.29) is 11.3 Å². The van der Waals surface area contributed by atoms with Crippen molar-refractivity contribution in [2.45, 2.75) is 49.5 Å². The van der Waals surface area contributed by atoms with Gasteiger partial charge in [0.15, 0.2) is 0 Å². The molecular weight excluding hydrogens is 369 g/mol. The summed E-state index contributed by atoms with van der Waals surface area (Å²) in [6.45, 7) is 0. The minimum Gasteiger partial charge on any atom is -0.481 e. The predicted molar refractivity (Wildman–Crippen MR) is 101 cm³/mol. The van der Waals surface area contributed by atoms with Crippen LogP contribution in [0, 0.1) is 5.82 Å². The molecule has 2 aromatic rings. The van der Waals surface area contributed by atoms with E-state index in [1.165, 1.54) is 12.1 Å². The van der Waals surface area contributed by atoms with Crippen molar-refractivity contribution >= 4 is 16.0 Å². The number of nitrogens with one attached hydrogen (secondary N) is 1. The Bertz CT molecular complexity index is 823. The summed E-state index contributed by atoms with van der Waals surface area (Å²) >= 11 is 0. The number of carboxylic acids is 1. The maximum absolute atomic E-state index is 13.1. The fourth-order valence-corrected chi connectivity index (χ4v) is 4.09. The van der Waals surface area contributed by atoms with E-state index >= 15 is 0 Å². The Morgan fingerprint density at radius 1 is 0.963 bits per heavy atom. The molecule has 0 aliphatic heterocycles. The lowest BCUT2D eigenvalue weighted by molar-refractivity contribution is -0.137. The van der Waals surface area contributed by atoms with Crippen LogP contribution < -0.4 is 4.72 Å². The van der Waals surface area contributed by atoms with Gasteiger partial charge in [-0.05, 0) is 42.7 Å². The summed E-state index contributed by atoms with van der Waals surface area (Å²) in [7, 11) is -3.78. The fourth-order valence-electron chi connectivity index (χ4n) is 2.83. The van der Waals surface area contributed by atoms with Gasteiger partial charge in [0.05, 0.1) is 4.90 Å². The molecule has 7 heteroatoms. The highest BCUT2D eigenvalue weighted by Crippen LogP contribution is 2.23. The molecule has 0 spiro atoms. The van der Waals surface area contributed by atoms with Gasteiger partial charge in [-0.15, -0.1) is 0 Å². The Morgan fingerprint density at radius 2 is 1.59 bits per heavy atom. The van der Waals surface area contributed by atoms with E-state index in [0.717, 1.165) is 37.0 Å². The molecule has 0 aliphatic carbocycles. The summed E-state index contributed by atoms with van der Waals surface area (Å²) in [5.74, 6) is -1.29. The maximum atomic E-state index is 13.1. The Kier molecular flexibility index (Phi) is 7.94. The first-order valence-electron chi connectivity index (χ1n) is 8.93. The van der Waals surface area contributed by atoms with Crippen molar-refractivity contribution in [3.63, 3.8) is 0 Å². The molecular formula is C20H24FNO4S. The molecule has 2 N–H and O–H groups in total. The molecule has 0 aromatic heterocycles. The number of carboxylic acid groups (broad SMARTS) is 1. The van der Waals surface area contributed by atoms with Crippen LogP contribution in [-0.4, -0.2) is 19.5 Å². The summed E-state index contributed by atoms with van der Waals surface area (Å²) in [4.78, 5) is 10.6. The quantitative estimate of drug-likeness (QED) is 0.559. The van der Waals surface area contributed by atoms with Crippen molar-refractivity contribution in [2.24, 2.45) is 0 Å². The molecule has 1 unspecified atom stereocenters. The number of rotatable bonds is 11. The largest absolute Gasteiger partial charge is 0.481 e. The van der Waals surface area contributed by atoms with Crippen LogP contribution in [0.1, 0.15) is 50.1 Å². The molecule has 0 aliphatic rings. The second kappa shape index (κ2) is 10.2. The second-order valence-electron chi connectivity index (χ2n) is 6.39. The van der Waals surface area contributed by atoms with Gasteiger partial charge in [-0.1, -0.05) is 49.6 Å². The average molecular weight is 393 g/mol. The van der Waals surface area contributed by atoms with Crippen molar-refractivity contribution in [3.8, 4) is 0 Å². The minimum atomic E-state index is -3.78. The number of unbranched alkanes of at least 4 members (excludes halogenated alkanes) is 3. The normalized spacial score (nSPS) is 12.6. The standard InChI is InChI=1S/C20H24FNO4S/c21-17-12-14-18(15-13-17)27(25,26)22-19(16-8-4-3-5-9-16)10-6-1-2-7-11-20(23)24/h3-5,8-9,12-15,19,22H,1-2,6-7,10-11H2,(H,23,24). The summed E-state index contributed by atoms with van der Waals surface area (Å²) in [6, 6.07) is 13.6. The van der Waals surface area contributed by atoms with Crippen LogP contribution in [0.4, 0.5) is 4.39 Å². The lowest BCUT2D eigenvalue weighted by Crippen LogP contribution is -2.28. The lowest BCUT2D eigenvalue weighted by Gasteiger charge is -2.19. The van der Waals surface area contributed by atoms with Crippen LogP contribution >= 0.6 is 0 Å². The highest BCUT2D eigenvalue weighted by atomic mass is 32.2. The van der Waals surface area contributed by atoms with Crippen LogP contribution in [0.25, 0.3) is 0 Å². The third-order valence-electron chi connectivity index (χ3n) is 4.26. The third-order valence-corrected chi connectivity index (χ3v) is 5.74. The van der Waals surface area contributed by atoms with Crippen molar-refractivity contribution in [2.75, 3.05) is 0 Å². The molecule has 1 atom stereocenters. The molecule has 2 rings (SSSR count). The zero-order chi connectivity index (χ0) is 19.7. The van der Waals surface area contributed by atoms with Crippen LogP contribution in [0.3, 0.4) is 0 Å². The van der Waals surface area contributed by atoms with Gasteiger partial charge < -0.3 is 5.11 Å². The van der Waals surface area contributed by atoms with Crippen molar-refractivity contribution in [1.82, 2.24) is 4.72 Å². The average Bonchev–Trinajstić information content (AvgIpc) is 2.64. The lowest BCUT2D eigenvalue weighted by atomic mass is 10.0. The summed E-state index contributed by atoms with van der Waals surface area (Å²) < 4.78 is 41.1. The molecule has 5 nitrogen and oxygen atoms in total. The summed E-state index contributed by atoms with van der Waals surface area (Å²) in [5.41, 5.74) is 0.855. The van der Waals surface area contributed by atoms with Gasteiger partial charge in [0.1, 0.15) is 5.82 Å². The number of aliphatic carboxylic acids is 1. The van der Waals surface area contributed by atoms with Crippen LogP contribution in [0.15, 0.2) is 59.5 Å². The molecule has 0 heterocycles. The Morgan fingerprint density at radius 3 is 2.22 bits per heavy atom. The van der Waals surface area contributed by atoms with E-state index in [1.54, 1.807) is 0 Å². The van der Waals surface area contributed by atoms with E-state index in [4.69, 9.17) is 5.11 Å². The number of sulfonamides is 1. The monoisotopic (exact) mass is 393 g/mol. The van der Waals surface area contributed by atoms with Gasteiger partial charge in [-0.3, -0.25) is 4.79 Å². The molecule has 146 valence electrons. The summed E-state index contributed by atoms with van der Waals surface area (Å²) in [5, 5.41) is 8.66. The molecule has 27 heavy (non-hydrogen) atoms. The highest BCUT2D eigenvalue weighted by molar-refractivity contribution is 7.89. The summed E-state index contributed by atoms with van der Waals surface area (Å²) in [6.07, 6.45) is 3.75. The first-order chi connectivity index (χ1) is 12.9. The smallest absolute Gasteiger partial charge is 0.303 e. The Balaban J connectivity index is 2.02. The Hall–Kier alpha value is -2.25. The number of hydrogen-bond acceptors (Lipinski definition) is 3. The molecule has 0 saturated carbocycles. The SMILES string of the molecule is O=C(O)CCCCCCC(NS(=O)(=O)c1ccc(F)cc1)c1ccccc1. The van der Waals surface area contributed by atoms with Crippen molar-refractivity contribution < 1.29 is 22.7 Å². The minimum absolute atomic E-state index is 0.0197. The van der Waals surface area contributed by atoms with E-state index in [2.05, 4.69) is 4.72 Å². The van der Waals surface area contributed by atoms with Crippen LogP contribution in [0.5, 0.6) is 0 Å². The molecule has 2 aromatic carbocycles. The van der Waals surface area contributed by atoms with Gasteiger partial charge in [-0.2, -0.15) is 0 Å². The number of benzene rings is 2.